The lowest BCUT2D eigenvalue weighted by atomic mass is 9.92. The van der Waals surface area contributed by atoms with Crippen molar-refractivity contribution in [3.05, 3.63) is 238 Å². The first-order valence-electron chi connectivity index (χ1n) is 43.6. The van der Waals surface area contributed by atoms with Gasteiger partial charge in [0.25, 0.3) is 35.4 Å². The number of ketones is 1. The Morgan fingerprint density at radius 1 is 0.446 bits per heavy atom. The highest BCUT2D eigenvalue weighted by atomic mass is 16.5. The number of hydrogen-bond donors (Lipinski definition) is 5. The van der Waals surface area contributed by atoms with Crippen molar-refractivity contribution in [2.75, 3.05) is 58.2 Å². The van der Waals surface area contributed by atoms with E-state index >= 15 is 0 Å². The van der Waals surface area contributed by atoms with E-state index in [-0.39, 0.29) is 114 Å². The molecule has 29 heteroatoms. The van der Waals surface area contributed by atoms with Gasteiger partial charge in [-0.15, -0.1) is 0 Å². The summed E-state index contributed by atoms with van der Waals surface area (Å²) < 4.78 is 35.9. The van der Waals surface area contributed by atoms with Crippen molar-refractivity contribution in [1.29, 1.82) is 0 Å². The second-order valence-electron chi connectivity index (χ2n) is 33.7. The van der Waals surface area contributed by atoms with Crippen molar-refractivity contribution < 1.29 is 81.8 Å². The quantitative estimate of drug-likeness (QED) is 0.0153. The monoisotopic (exact) mass is 1750 g/mol. The van der Waals surface area contributed by atoms with Gasteiger partial charge in [-0.2, -0.15) is 0 Å². The summed E-state index contributed by atoms with van der Waals surface area (Å²) in [6.07, 6.45) is 22.5. The molecule has 9 aliphatic rings. The number of fused-ring (bicyclic) bond motifs is 8. The van der Waals surface area contributed by atoms with Gasteiger partial charge < -0.3 is 74.6 Å². The molecule has 0 saturated heterocycles. The SMILES string of the molecule is COc1cc2c(cc1OCCCOc1cc3c(cc1C)C(=O)N1C=C(c4ccc(O)cc4)C[C@H]1C=N3)N=C[C@@H]1CC(c3ccc(N)cc3)=CN1C2=O.COc1cc2c(cc1OCCCOc1cc3c(cc1C)C(=O)N1C=C(c4ccc(O)cc4)C[C@H]1C=N3)N=C[C@@H]1CC(c3ccc(NC(=O)[C@H](C)CC(=O)[C@@H](NC(=O)CCCCCN4C(=O)C=CC4=O)C(C)C)cc3)=CN1C2=O. The standard InChI is InChI=1S/C60H63N7O11.C41H37N5O6/c1-35(2)57(64-54(70)10-7-6-8-21-65-55(71)19-20-56(65)72)50(69)25-37(4)58(73)63-42-15-11-38(12-16-42)40-26-44-32-62-49-30-53(52(76-5)28-47(49)60(75)67(44)33-40)78-23-9-22-77-51-29-48-46(24-36(51)3)59(74)66-34-41(27-43(66)31-61-48)39-13-17-45(68)18-14-39;1-24-14-33-35(43-20-30-16-28(23-45(30)40(33)48)26-6-10-32(47)11-7-26)18-37(24)51-12-3-13-52-39-19-36-34(17-38(39)50-2)41(49)46-22-27(15-31(46)21-44-36)25-4-8-29(42)9-5-25/h11-20,24,28-35,37,43-44,57,68H,6-10,21-23,25-27H2,1-5H3,(H,63,73)(H,64,70);4-11,14,17-23,30-31,47H,3,12-13,15-16,42H2,1-2H3/t37-,43+,44+,57+;30-,31-/m10/s1. The maximum Gasteiger partial charge on any atom is 0.260 e. The van der Waals surface area contributed by atoms with E-state index in [1.165, 1.54) is 24.2 Å². The molecule has 0 fully saturated rings. The van der Waals surface area contributed by atoms with E-state index in [9.17, 15) is 53.4 Å². The molecule has 29 nitrogen and oxygen atoms in total. The van der Waals surface area contributed by atoms with Crippen LogP contribution in [0.25, 0.3) is 22.3 Å². The van der Waals surface area contributed by atoms with Crippen LogP contribution in [0.1, 0.15) is 166 Å². The Kier molecular flexibility index (Phi) is 26.3. The van der Waals surface area contributed by atoms with Crippen LogP contribution in [0.5, 0.6) is 46.0 Å². The van der Waals surface area contributed by atoms with E-state index in [0.29, 0.717) is 175 Å². The largest absolute Gasteiger partial charge is 0.508 e. The summed E-state index contributed by atoms with van der Waals surface area (Å²) in [6.45, 7) is 10.8. The number of phenolic OH excluding ortho intramolecular Hbond substituents is 2. The summed E-state index contributed by atoms with van der Waals surface area (Å²) in [7, 11) is 3.06. The van der Waals surface area contributed by atoms with E-state index in [0.717, 1.165) is 55.7 Å². The predicted octanol–water partition coefficient (Wildman–Crippen LogP) is 15.7. The number of benzene rings is 8. The second-order valence-corrected chi connectivity index (χ2v) is 33.7. The molecule has 0 aliphatic carbocycles. The third kappa shape index (κ3) is 19.4. The van der Waals surface area contributed by atoms with E-state index in [1.807, 2.05) is 144 Å². The number of nitrogens with zero attached hydrogens (tertiary/aromatic N) is 9. The molecular formula is C101H100N12O17. The lowest BCUT2D eigenvalue weighted by molar-refractivity contribution is -0.137. The zero-order chi connectivity index (χ0) is 91.1. The van der Waals surface area contributed by atoms with Gasteiger partial charge in [0.05, 0.1) is 116 Å². The number of hydrogen-bond acceptors (Lipinski definition) is 22. The fourth-order valence-electron chi connectivity index (χ4n) is 17.0. The van der Waals surface area contributed by atoms with Crippen LogP contribution in [0.4, 0.5) is 34.1 Å². The predicted molar refractivity (Wildman–Crippen MR) is 494 cm³/mol. The van der Waals surface area contributed by atoms with Gasteiger partial charge in [0.1, 0.15) is 23.0 Å². The number of amides is 8. The molecule has 0 saturated carbocycles. The average molecular weight is 1750 g/mol. The lowest BCUT2D eigenvalue weighted by Crippen LogP contribution is -2.45. The molecule has 8 aromatic carbocycles. The second kappa shape index (κ2) is 38.7. The lowest BCUT2D eigenvalue weighted by Gasteiger charge is -2.23. The van der Waals surface area contributed by atoms with Crippen LogP contribution in [0, 0.1) is 25.7 Å². The number of carbonyl (C=O) groups excluding carboxylic acids is 9. The van der Waals surface area contributed by atoms with Gasteiger partial charge >= 0.3 is 0 Å². The van der Waals surface area contributed by atoms with Gasteiger partial charge in [-0.3, -0.25) is 68.0 Å². The highest BCUT2D eigenvalue weighted by Crippen LogP contribution is 2.45. The number of aliphatic imine (C=N–C) groups is 4. The number of methoxy groups -OCH3 is 2. The normalized spacial score (nSPS) is 18.1. The number of unbranched alkanes of at least 4 members (excludes halogenated alkanes) is 2. The van der Waals surface area contributed by atoms with Gasteiger partial charge in [0.2, 0.25) is 11.8 Å². The summed E-state index contributed by atoms with van der Waals surface area (Å²) in [5, 5.41) is 25.1. The van der Waals surface area contributed by atoms with Crippen molar-refractivity contribution in [2.24, 2.45) is 31.8 Å². The maximum absolute atomic E-state index is 14.1. The first kappa shape index (κ1) is 88.4. The smallest absolute Gasteiger partial charge is 0.260 e. The summed E-state index contributed by atoms with van der Waals surface area (Å²) in [5.74, 6) is 0.350. The van der Waals surface area contributed by atoms with Crippen LogP contribution < -0.4 is 44.8 Å². The molecule has 8 aromatic rings. The number of imide groups is 1. The average Bonchev–Trinajstić information content (AvgIpc) is 1.64. The van der Waals surface area contributed by atoms with Crippen LogP contribution in [0.2, 0.25) is 0 Å². The summed E-state index contributed by atoms with van der Waals surface area (Å²) >= 11 is 0. The molecular weight excluding hydrogens is 1650 g/mol. The summed E-state index contributed by atoms with van der Waals surface area (Å²) in [6, 6.07) is 41.2. The molecule has 17 rings (SSSR count). The Morgan fingerprint density at radius 3 is 1.18 bits per heavy atom. The van der Waals surface area contributed by atoms with Gasteiger partial charge in [0, 0.05) is 161 Å². The summed E-state index contributed by atoms with van der Waals surface area (Å²) in [4.78, 5) is 145. The van der Waals surface area contributed by atoms with Crippen LogP contribution >= 0.6 is 0 Å². The zero-order valence-corrected chi connectivity index (χ0v) is 73.1. The Balaban J connectivity index is 0.000000206. The number of nitrogens with one attached hydrogen (secondary N) is 2. The molecule has 0 bridgehead atoms. The Bertz CT molecular complexity index is 6110. The minimum Gasteiger partial charge on any atom is -0.508 e. The number of rotatable bonds is 31. The third-order valence-electron chi connectivity index (χ3n) is 24.2. The van der Waals surface area contributed by atoms with Crippen molar-refractivity contribution in [1.82, 2.24) is 29.8 Å². The number of aromatic hydroxyl groups is 2. The van der Waals surface area contributed by atoms with Crippen LogP contribution in [-0.4, -0.2) is 190 Å². The van der Waals surface area contributed by atoms with Crippen LogP contribution in [0.3, 0.4) is 0 Å². The molecule has 6 N–H and O–H groups in total. The molecule has 0 radical (unpaired) electrons. The Morgan fingerprint density at radius 2 is 0.800 bits per heavy atom. The number of aryl methyl sites for hydroxylation is 2. The van der Waals surface area contributed by atoms with Gasteiger partial charge in [-0.25, -0.2) is 0 Å². The topological polar surface area (TPSA) is 365 Å². The Hall–Kier alpha value is -15.0. The number of nitrogens with two attached hydrogens (primary N) is 1. The van der Waals surface area contributed by atoms with E-state index in [1.54, 1.807) is 113 Å². The highest BCUT2D eigenvalue weighted by molar-refractivity contribution is 6.13. The van der Waals surface area contributed by atoms with E-state index in [2.05, 4.69) is 20.6 Å². The summed E-state index contributed by atoms with van der Waals surface area (Å²) in [5.41, 5.74) is 20.4. The molecule has 0 unspecified atom stereocenters. The molecule has 666 valence electrons. The highest BCUT2D eigenvalue weighted by Gasteiger charge is 2.39. The zero-order valence-electron chi connectivity index (χ0n) is 73.1. The molecule has 0 spiro atoms. The maximum atomic E-state index is 14.1. The van der Waals surface area contributed by atoms with Crippen molar-refractivity contribution in [2.45, 2.75) is 135 Å². The number of carbonyl (C=O) groups is 9. The molecule has 6 atom stereocenters. The minimum absolute atomic E-state index is 0.0666. The van der Waals surface area contributed by atoms with Crippen molar-refractivity contribution >= 4 is 134 Å². The Labute approximate surface area is 751 Å². The minimum atomic E-state index is -0.758. The molecule has 9 heterocycles. The van der Waals surface area contributed by atoms with Gasteiger partial charge in [-0.05, 0) is 161 Å². The van der Waals surface area contributed by atoms with Crippen LogP contribution in [0.15, 0.2) is 203 Å². The first-order valence-corrected chi connectivity index (χ1v) is 43.6. The molecule has 8 amide bonds. The van der Waals surface area contributed by atoms with Crippen LogP contribution in [-0.2, 0) is 24.0 Å². The fraction of sp³-hybridized carbons (Fsp3) is 0.297. The number of nitrogen functional groups attached to an aromatic ring is 1. The molecule has 130 heavy (non-hydrogen) atoms. The van der Waals surface area contributed by atoms with Gasteiger partial charge in [-0.1, -0.05) is 75.7 Å². The van der Waals surface area contributed by atoms with E-state index < -0.39 is 12.0 Å². The third-order valence-corrected chi connectivity index (χ3v) is 24.2. The first-order chi connectivity index (χ1) is 62.8. The van der Waals surface area contributed by atoms with Gasteiger partial charge in [0.15, 0.2) is 28.8 Å². The number of anilines is 2. The fourth-order valence-corrected chi connectivity index (χ4v) is 17.0. The van der Waals surface area contributed by atoms with Crippen molar-refractivity contribution in [3.8, 4) is 46.0 Å². The van der Waals surface area contributed by atoms with Crippen molar-refractivity contribution in [3.63, 3.8) is 0 Å². The molecule has 0 aromatic heterocycles. The number of Topliss-reactive ketones (excluding diaryl/α,β-unsaturated/α-hetero) is 1. The molecule has 9 aliphatic heterocycles. The number of ether oxygens (including phenoxy) is 6. The van der Waals surface area contributed by atoms with E-state index in [4.69, 9.17) is 44.1 Å². The number of phenols is 2.